The second-order valence-electron chi connectivity index (χ2n) is 6.63. The molecule has 0 atom stereocenters. The lowest BCUT2D eigenvalue weighted by Gasteiger charge is -2.13. The van der Waals surface area contributed by atoms with Crippen molar-refractivity contribution in [2.24, 2.45) is 0 Å². The van der Waals surface area contributed by atoms with Gasteiger partial charge in [0.15, 0.2) is 0 Å². The summed E-state index contributed by atoms with van der Waals surface area (Å²) in [4.78, 5) is 12.7. The van der Waals surface area contributed by atoms with Gasteiger partial charge in [0, 0.05) is 5.56 Å². The lowest BCUT2D eigenvalue weighted by Crippen LogP contribution is -2.16. The molecule has 0 unspecified atom stereocenters. The first-order valence-electron chi connectivity index (χ1n) is 9.73. The van der Waals surface area contributed by atoms with Crippen LogP contribution in [0.1, 0.15) is 23.7 Å². The highest BCUT2D eigenvalue weighted by Crippen LogP contribution is 2.27. The van der Waals surface area contributed by atoms with Crippen LogP contribution in [-0.2, 0) is 10.0 Å². The number of ether oxygens (including phenoxy) is 2. The third kappa shape index (κ3) is 5.55. The van der Waals surface area contributed by atoms with Crippen LogP contribution in [0.25, 0.3) is 0 Å². The van der Waals surface area contributed by atoms with Crippen LogP contribution in [-0.4, -0.2) is 28.0 Å². The smallest absolute Gasteiger partial charge is 0.262 e. The monoisotopic (exact) mass is 440 g/mol. The molecule has 0 saturated heterocycles. The molecule has 0 aromatic heterocycles. The highest BCUT2D eigenvalue weighted by Gasteiger charge is 2.19. The van der Waals surface area contributed by atoms with E-state index in [1.54, 1.807) is 48.5 Å². The predicted octanol–water partition coefficient (Wildman–Crippen LogP) is 4.54. The van der Waals surface area contributed by atoms with Gasteiger partial charge in [-0.3, -0.25) is 9.52 Å². The molecule has 7 nitrogen and oxygen atoms in total. The van der Waals surface area contributed by atoms with Gasteiger partial charge in [0.1, 0.15) is 11.5 Å². The van der Waals surface area contributed by atoms with Gasteiger partial charge in [0.2, 0.25) is 0 Å². The van der Waals surface area contributed by atoms with Crippen molar-refractivity contribution in [1.29, 1.82) is 0 Å². The normalized spacial score (nSPS) is 10.9. The molecule has 0 aliphatic heterocycles. The first kappa shape index (κ1) is 22.2. The van der Waals surface area contributed by atoms with E-state index >= 15 is 0 Å². The van der Waals surface area contributed by atoms with Gasteiger partial charge in [-0.15, -0.1) is 0 Å². The fourth-order valence-electron chi connectivity index (χ4n) is 2.84. The van der Waals surface area contributed by atoms with Gasteiger partial charge in [-0.05, 0) is 48.9 Å². The number of sulfonamides is 1. The van der Waals surface area contributed by atoms with E-state index in [9.17, 15) is 13.2 Å². The van der Waals surface area contributed by atoms with Crippen molar-refractivity contribution in [3.8, 4) is 11.5 Å². The Morgan fingerprint density at radius 2 is 1.58 bits per heavy atom. The quantitative estimate of drug-likeness (QED) is 0.510. The molecule has 0 bridgehead atoms. The minimum absolute atomic E-state index is 0.0402. The summed E-state index contributed by atoms with van der Waals surface area (Å²) in [6.45, 7) is 2.52. The van der Waals surface area contributed by atoms with Crippen molar-refractivity contribution in [2.45, 2.75) is 18.2 Å². The molecule has 0 aliphatic rings. The fourth-order valence-corrected chi connectivity index (χ4v) is 3.96. The van der Waals surface area contributed by atoms with Crippen molar-refractivity contribution in [3.63, 3.8) is 0 Å². The zero-order chi connectivity index (χ0) is 22.3. The van der Waals surface area contributed by atoms with Crippen molar-refractivity contribution in [2.75, 3.05) is 23.8 Å². The Morgan fingerprint density at radius 1 is 0.903 bits per heavy atom. The van der Waals surface area contributed by atoms with E-state index < -0.39 is 15.9 Å². The Kier molecular flexibility index (Phi) is 7.15. The number of carbonyl (C=O) groups is 1. The molecule has 31 heavy (non-hydrogen) atoms. The summed E-state index contributed by atoms with van der Waals surface area (Å²) in [6, 6.07) is 19.6. The second-order valence-corrected chi connectivity index (χ2v) is 8.31. The highest BCUT2D eigenvalue weighted by molar-refractivity contribution is 7.92. The fraction of sp³-hybridized carbons (Fsp3) is 0.174. The van der Waals surface area contributed by atoms with E-state index in [1.165, 1.54) is 25.3 Å². The maximum atomic E-state index is 12.9. The molecule has 0 spiro atoms. The third-order valence-corrected chi connectivity index (χ3v) is 5.72. The van der Waals surface area contributed by atoms with Gasteiger partial charge in [-0.2, -0.15) is 0 Å². The van der Waals surface area contributed by atoms with Crippen LogP contribution in [0.4, 0.5) is 11.4 Å². The Bertz CT molecular complexity index is 1160. The number of nitrogens with one attached hydrogen (secondary N) is 2. The minimum Gasteiger partial charge on any atom is -0.495 e. The molecule has 0 radical (unpaired) electrons. The Morgan fingerprint density at radius 3 is 2.29 bits per heavy atom. The summed E-state index contributed by atoms with van der Waals surface area (Å²) in [6.07, 6.45) is 0.835. The van der Waals surface area contributed by atoms with E-state index in [4.69, 9.17) is 9.47 Å². The molecule has 2 N–H and O–H groups in total. The van der Waals surface area contributed by atoms with Crippen molar-refractivity contribution in [3.05, 3.63) is 78.4 Å². The van der Waals surface area contributed by atoms with Crippen LogP contribution in [0.5, 0.6) is 11.5 Å². The number of anilines is 2. The van der Waals surface area contributed by atoms with Gasteiger partial charge in [0.05, 0.1) is 30.0 Å². The number of hydrogen-bond acceptors (Lipinski definition) is 5. The number of rotatable bonds is 9. The van der Waals surface area contributed by atoms with Crippen LogP contribution in [0.3, 0.4) is 0 Å². The summed E-state index contributed by atoms with van der Waals surface area (Å²) in [5.41, 5.74) is 1.02. The standard InChI is InChI=1S/C23H24N2O5S/c1-3-15-30-22-14-7-4-11-19(22)24-23(26)17-9-8-10-18(16-17)31(27,28)25-20-12-5-6-13-21(20)29-2/h4-14,16,25H,3,15H2,1-2H3,(H,24,26). The zero-order valence-corrected chi connectivity index (χ0v) is 18.1. The van der Waals surface area contributed by atoms with Crippen LogP contribution >= 0.6 is 0 Å². The number of methoxy groups -OCH3 is 1. The molecule has 3 aromatic rings. The zero-order valence-electron chi connectivity index (χ0n) is 17.3. The molecular weight excluding hydrogens is 416 g/mol. The molecule has 3 rings (SSSR count). The van der Waals surface area contributed by atoms with Gasteiger partial charge in [-0.1, -0.05) is 37.3 Å². The first-order valence-corrected chi connectivity index (χ1v) is 11.2. The summed E-state index contributed by atoms with van der Waals surface area (Å²) in [5, 5.41) is 2.78. The third-order valence-electron chi connectivity index (χ3n) is 4.35. The number of carbonyl (C=O) groups excluding carboxylic acids is 1. The van der Waals surface area contributed by atoms with Gasteiger partial charge < -0.3 is 14.8 Å². The molecule has 3 aromatic carbocycles. The first-order chi connectivity index (χ1) is 14.9. The van der Waals surface area contributed by atoms with E-state index in [0.717, 1.165) is 6.42 Å². The SMILES string of the molecule is CCCOc1ccccc1NC(=O)c1cccc(S(=O)(=O)Nc2ccccc2OC)c1. The Hall–Kier alpha value is -3.52. The van der Waals surface area contributed by atoms with Gasteiger partial charge in [0.25, 0.3) is 15.9 Å². The molecule has 1 amide bonds. The molecular formula is C23H24N2O5S. The summed E-state index contributed by atoms with van der Waals surface area (Å²) >= 11 is 0. The number of hydrogen-bond donors (Lipinski definition) is 2. The summed E-state index contributed by atoms with van der Waals surface area (Å²) in [7, 11) is -2.47. The molecule has 0 aliphatic carbocycles. The molecule has 162 valence electrons. The lowest BCUT2D eigenvalue weighted by molar-refractivity contribution is 0.102. The number of amides is 1. The molecule has 8 heteroatoms. The average Bonchev–Trinajstić information content (AvgIpc) is 2.78. The van der Waals surface area contributed by atoms with Gasteiger partial charge >= 0.3 is 0 Å². The summed E-state index contributed by atoms with van der Waals surface area (Å²) in [5.74, 6) is 0.505. The predicted molar refractivity (Wildman–Crippen MR) is 120 cm³/mol. The topological polar surface area (TPSA) is 93.7 Å². The summed E-state index contributed by atoms with van der Waals surface area (Å²) < 4.78 is 39.1. The van der Waals surface area contributed by atoms with Gasteiger partial charge in [-0.25, -0.2) is 8.42 Å². The Labute approximate surface area is 182 Å². The van der Waals surface area contributed by atoms with E-state index in [2.05, 4.69) is 10.0 Å². The molecule has 0 saturated carbocycles. The van der Waals surface area contributed by atoms with Crippen molar-refractivity contribution in [1.82, 2.24) is 0 Å². The van der Waals surface area contributed by atoms with Crippen LogP contribution in [0.2, 0.25) is 0 Å². The average molecular weight is 441 g/mol. The Balaban J connectivity index is 1.82. The van der Waals surface area contributed by atoms with Crippen molar-refractivity contribution < 1.29 is 22.7 Å². The minimum atomic E-state index is -3.93. The van der Waals surface area contributed by atoms with E-state index in [-0.39, 0.29) is 10.5 Å². The number of benzene rings is 3. The maximum Gasteiger partial charge on any atom is 0.262 e. The molecule has 0 heterocycles. The van der Waals surface area contributed by atoms with E-state index in [1.807, 2.05) is 13.0 Å². The van der Waals surface area contributed by atoms with E-state index in [0.29, 0.717) is 29.5 Å². The molecule has 0 fully saturated rings. The van der Waals surface area contributed by atoms with Crippen molar-refractivity contribution >= 4 is 27.3 Å². The van der Waals surface area contributed by atoms with Crippen LogP contribution in [0.15, 0.2) is 77.7 Å². The highest BCUT2D eigenvalue weighted by atomic mass is 32.2. The maximum absolute atomic E-state index is 12.9. The number of para-hydroxylation sites is 4. The van der Waals surface area contributed by atoms with Crippen LogP contribution in [0, 0.1) is 0 Å². The lowest BCUT2D eigenvalue weighted by atomic mass is 10.2. The van der Waals surface area contributed by atoms with Crippen LogP contribution < -0.4 is 19.5 Å². The second kappa shape index (κ2) is 9.99. The largest absolute Gasteiger partial charge is 0.495 e.